The molecule has 0 aliphatic carbocycles. The molecule has 9 heteroatoms. The smallest absolute Gasteiger partial charge is 0.465 e. The van der Waals surface area contributed by atoms with E-state index in [9.17, 15) is 4.79 Å². The first-order valence-electron chi connectivity index (χ1n) is 19.1. The molecule has 9 rings (SSSR count). The number of aryl methyl sites for hydroxylation is 1. The first-order chi connectivity index (χ1) is 27.5. The van der Waals surface area contributed by atoms with Crippen LogP contribution < -0.4 is 0 Å². The second-order valence-corrected chi connectivity index (χ2v) is 16.3. The molecule has 5 aromatic heterocycles. The monoisotopic (exact) mass is 832 g/mol. The average Bonchev–Trinajstić information content (AvgIpc) is 4.08. The second kappa shape index (κ2) is 16.9. The van der Waals surface area contributed by atoms with Crippen LogP contribution in [0.4, 0.5) is 0 Å². The van der Waals surface area contributed by atoms with Crippen LogP contribution >= 0.6 is 22.7 Å². The van der Waals surface area contributed by atoms with E-state index in [2.05, 4.69) is 95.8 Å². The Morgan fingerprint density at radius 2 is 1.23 bits per heavy atom. The molecule has 0 saturated heterocycles. The number of carbonyl (C=O) groups is 1. The van der Waals surface area contributed by atoms with E-state index < -0.39 is 0 Å². The molecule has 0 fully saturated rings. The minimum absolute atomic E-state index is 0. The van der Waals surface area contributed by atoms with Gasteiger partial charge < -0.3 is 14.7 Å². The largest absolute Gasteiger partial charge is 2.00 e. The number of hydrogen-bond acceptors (Lipinski definition) is 6. The Kier molecular flexibility index (Phi) is 11.4. The Balaban J connectivity index is 0.00000455. The number of H-pyrrole nitrogens is 2. The van der Waals surface area contributed by atoms with Gasteiger partial charge in [-0.25, -0.2) is 14.8 Å². The van der Waals surface area contributed by atoms with Gasteiger partial charge in [0.2, 0.25) is 0 Å². The van der Waals surface area contributed by atoms with Crippen LogP contribution in [0.2, 0.25) is 0 Å². The normalized spacial score (nSPS) is 11.8. The zero-order chi connectivity index (χ0) is 38.0. The number of nitrogens with zero attached hydrogens (tertiary/aromatic N) is 2. The number of nitrogens with one attached hydrogen (secondary N) is 2. The number of thiophene rings is 2. The molecule has 2 aliphatic heterocycles. The third kappa shape index (κ3) is 8.33. The van der Waals surface area contributed by atoms with Crippen LogP contribution in [0, 0.1) is 0 Å². The summed E-state index contributed by atoms with van der Waals surface area (Å²) in [5.74, 6) is -0.373. The maximum Gasteiger partial charge on any atom is 2.00 e. The van der Waals surface area contributed by atoms with Crippen LogP contribution in [0.5, 0.6) is 0 Å². The van der Waals surface area contributed by atoms with Crippen LogP contribution in [-0.4, -0.2) is 33.0 Å². The topological polar surface area (TPSA) is 83.7 Å². The van der Waals surface area contributed by atoms with Crippen molar-refractivity contribution in [3.8, 4) is 41.8 Å². The van der Waals surface area contributed by atoms with E-state index in [4.69, 9.17) is 14.7 Å². The van der Waals surface area contributed by atoms with Crippen molar-refractivity contribution < 1.29 is 29.0 Å². The summed E-state index contributed by atoms with van der Waals surface area (Å²) in [6.45, 7) is 2.26. The van der Waals surface area contributed by atoms with E-state index >= 15 is 0 Å². The Labute approximate surface area is 352 Å². The van der Waals surface area contributed by atoms with Crippen LogP contribution in [0.3, 0.4) is 0 Å². The van der Waals surface area contributed by atoms with Gasteiger partial charge in [-0.05, 0) is 127 Å². The number of esters is 1. The van der Waals surface area contributed by atoms with Gasteiger partial charge in [-0.1, -0.05) is 62.6 Å². The predicted octanol–water partition coefficient (Wildman–Crippen LogP) is 13.4. The zero-order valence-electron chi connectivity index (χ0n) is 32.0. The van der Waals surface area contributed by atoms with E-state index in [-0.39, 0.29) is 25.4 Å². The number of fused-ring (bicyclic) bond motifs is 8. The van der Waals surface area contributed by atoms with Gasteiger partial charge in [0.25, 0.3) is 0 Å². The molecule has 7 aromatic rings. The molecular weight excluding hydrogens is 794 g/mol. The van der Waals surface area contributed by atoms with Crippen LogP contribution in [0.1, 0.15) is 71.3 Å². The van der Waals surface area contributed by atoms with Gasteiger partial charge in [0.05, 0.1) is 41.0 Å². The maximum atomic E-state index is 12.4. The number of rotatable bonds is 10. The van der Waals surface area contributed by atoms with Crippen LogP contribution in [0.25, 0.3) is 88.1 Å². The quantitative estimate of drug-likeness (QED) is 0.0817. The van der Waals surface area contributed by atoms with Gasteiger partial charge in [-0.3, -0.25) is 0 Å². The molecule has 0 saturated carbocycles. The van der Waals surface area contributed by atoms with Gasteiger partial charge >= 0.3 is 25.4 Å². The summed E-state index contributed by atoms with van der Waals surface area (Å²) in [7, 11) is 1.40. The molecule has 6 nitrogen and oxygen atoms in total. The zero-order valence-corrected chi connectivity index (χ0v) is 36.6. The first kappa shape index (κ1) is 38.4. The average molecular weight is 834 g/mol. The number of hydrogen-bond donors (Lipinski definition) is 2. The summed E-state index contributed by atoms with van der Waals surface area (Å²) >= 11 is 3.62. The second-order valence-electron chi connectivity index (χ2n) is 14.1. The molecule has 0 radical (unpaired) electrons. The van der Waals surface area contributed by atoms with Crippen LogP contribution in [0.15, 0.2) is 109 Å². The van der Waals surface area contributed by atoms with Crippen molar-refractivity contribution in [1.82, 2.24) is 19.9 Å². The number of ether oxygens (including phenoxy) is 1. The third-order valence-corrected chi connectivity index (χ3v) is 12.7. The van der Waals surface area contributed by atoms with E-state index in [0.29, 0.717) is 5.56 Å². The number of benzene rings is 2. The molecule has 57 heavy (non-hydrogen) atoms. The molecular formula is C48H40N4O2S2Zn+2. The summed E-state index contributed by atoms with van der Waals surface area (Å²) in [5, 5.41) is 0. The van der Waals surface area contributed by atoms with E-state index in [1.807, 2.05) is 66.0 Å². The van der Waals surface area contributed by atoms with Crippen molar-refractivity contribution in [2.45, 2.75) is 39.0 Å². The summed E-state index contributed by atoms with van der Waals surface area (Å²) in [6, 6.07) is 38.1. The molecule has 7 heterocycles. The molecule has 2 aliphatic rings. The van der Waals surface area contributed by atoms with Gasteiger partial charge in [0.1, 0.15) is 0 Å². The van der Waals surface area contributed by atoms with Crippen molar-refractivity contribution in [3.63, 3.8) is 0 Å². The third-order valence-electron chi connectivity index (χ3n) is 10.2. The fraction of sp³-hybridized carbons (Fsp3) is 0.146. The van der Waals surface area contributed by atoms with Crippen molar-refractivity contribution in [2.75, 3.05) is 7.11 Å². The Hall–Kier alpha value is -5.47. The molecule has 2 N–H and O–H groups in total. The molecule has 0 spiro atoms. The number of aromatic nitrogens is 4. The fourth-order valence-electron chi connectivity index (χ4n) is 7.32. The Morgan fingerprint density at radius 1 is 0.614 bits per heavy atom. The summed E-state index contributed by atoms with van der Waals surface area (Å²) < 4.78 is 5.01. The maximum absolute atomic E-state index is 12.4. The van der Waals surface area contributed by atoms with Crippen molar-refractivity contribution >= 4 is 75.0 Å². The summed E-state index contributed by atoms with van der Waals surface area (Å²) in [6.07, 6.45) is 14.4. The van der Waals surface area contributed by atoms with Gasteiger partial charge in [-0.2, -0.15) is 0 Å². The fourth-order valence-corrected chi connectivity index (χ4v) is 9.45. The molecule has 8 bridgehead atoms. The molecule has 0 amide bonds. The summed E-state index contributed by atoms with van der Waals surface area (Å²) in [4.78, 5) is 34.6. The van der Waals surface area contributed by atoms with Crippen molar-refractivity contribution in [1.29, 1.82) is 0 Å². The van der Waals surface area contributed by atoms with E-state index in [0.717, 1.165) is 72.8 Å². The van der Waals surface area contributed by atoms with E-state index in [1.165, 1.54) is 58.6 Å². The number of methoxy groups -OCH3 is 1. The predicted molar refractivity (Wildman–Crippen MR) is 236 cm³/mol. The Bertz CT molecular complexity index is 2800. The van der Waals surface area contributed by atoms with Gasteiger partial charge in [0.15, 0.2) is 0 Å². The number of aromatic amines is 2. The van der Waals surface area contributed by atoms with Crippen molar-refractivity contribution in [2.24, 2.45) is 0 Å². The van der Waals surface area contributed by atoms with E-state index in [1.54, 1.807) is 11.3 Å². The number of unbranched alkanes of at least 4 members (excludes halogenated alkanes) is 3. The number of carbonyl (C=O) groups excluding carboxylic acids is 1. The SMILES string of the molecule is CCCCCCc1ccc(-c2ccc(-c3ccc(-c4cc5cc6nc(cc7ccc(cc8nc(c(-c9ccc(C(=O)OC)cc9)c4[nH]5)C=C8)[nH]7)C=C6)s3)s2)cc1.[Zn+2]. The minimum Gasteiger partial charge on any atom is -0.465 e. The molecule has 0 atom stereocenters. The molecule has 2 aromatic carbocycles. The summed E-state index contributed by atoms with van der Waals surface area (Å²) in [5.41, 5.74) is 13.3. The van der Waals surface area contributed by atoms with Gasteiger partial charge in [-0.15, -0.1) is 22.7 Å². The standard InChI is InChI=1S/C48H40N4O2S2.Zn/c1-3-4-5-6-7-30-8-10-31(11-9-30)42-22-24-44(55-42)45-25-23-43(56-45)40-29-39-28-37-19-18-35(50-37)26-34-16-17-36(49-34)27-38-20-21-41(51-38)46(47(40)52-39)32-12-14-33(15-13-32)48(53)54-2;/h8-29,49,52H,3-7H2,1-2H3;/q;+2. The molecule has 276 valence electrons. The van der Waals surface area contributed by atoms with Crippen molar-refractivity contribution in [3.05, 3.63) is 143 Å². The molecule has 0 unspecified atom stereocenters. The minimum atomic E-state index is -0.373. The van der Waals surface area contributed by atoms with Crippen LogP contribution in [-0.2, 0) is 30.6 Å². The van der Waals surface area contributed by atoms with Gasteiger partial charge in [0, 0.05) is 47.2 Å². The first-order valence-corrected chi connectivity index (χ1v) is 20.7. The Morgan fingerprint density at radius 3 is 1.93 bits per heavy atom.